The van der Waals surface area contributed by atoms with Crippen LogP contribution in [-0.2, 0) is 13.0 Å². The maximum Gasteiger partial charge on any atom is 0.260 e. The molecule has 0 saturated carbocycles. The predicted octanol–water partition coefficient (Wildman–Crippen LogP) is 5.68. The van der Waals surface area contributed by atoms with Crippen molar-refractivity contribution in [1.29, 1.82) is 0 Å². The third-order valence-electron chi connectivity index (χ3n) is 5.31. The van der Waals surface area contributed by atoms with E-state index < -0.39 is 0 Å². The van der Waals surface area contributed by atoms with Gasteiger partial charge in [-0.1, -0.05) is 51.5 Å². The van der Waals surface area contributed by atoms with Gasteiger partial charge in [0.25, 0.3) is 5.56 Å². The summed E-state index contributed by atoms with van der Waals surface area (Å²) >= 11 is 1.46. The lowest BCUT2D eigenvalue weighted by molar-refractivity contribution is 0.406. The van der Waals surface area contributed by atoms with Gasteiger partial charge in [0, 0.05) is 17.0 Å². The molecule has 4 rings (SSSR count). The number of hydrogen-bond donors (Lipinski definition) is 2. The van der Waals surface area contributed by atoms with E-state index in [2.05, 4.69) is 60.3 Å². The number of aromatic amines is 1. The number of nitrogens with one attached hydrogen (secondary N) is 2. The van der Waals surface area contributed by atoms with Crippen LogP contribution in [-0.4, -0.2) is 9.97 Å². The number of fused-ring (bicyclic) bond motifs is 1. The standard InChI is InChI=1S/C24H27N3O2S/c1-4-6-16-8-10-17(11-9-16)22(15(2)3)25-13-20-26-23(28)21-18(14-30-24(21)27-20)19-7-5-12-29-19/h5,7-12,14-15,22,25H,4,6,13H2,1-3H3,(H,26,27,28)/t22-/m1/s1. The average Bonchev–Trinajstić information content (AvgIpc) is 3.39. The zero-order chi connectivity index (χ0) is 21.1. The van der Waals surface area contributed by atoms with E-state index in [1.807, 2.05) is 17.5 Å². The Morgan fingerprint density at radius 2 is 2.00 bits per heavy atom. The largest absolute Gasteiger partial charge is 0.464 e. The number of nitrogens with zero attached hydrogens (tertiary/aromatic N) is 1. The zero-order valence-electron chi connectivity index (χ0n) is 17.6. The Labute approximate surface area is 180 Å². The van der Waals surface area contributed by atoms with E-state index in [9.17, 15) is 4.79 Å². The fraction of sp³-hybridized carbons (Fsp3) is 0.333. The Kier molecular flexibility index (Phi) is 6.16. The molecule has 5 nitrogen and oxygen atoms in total. The highest BCUT2D eigenvalue weighted by Crippen LogP contribution is 2.31. The molecule has 0 amide bonds. The van der Waals surface area contributed by atoms with Gasteiger partial charge in [0.2, 0.25) is 0 Å². The first-order valence-corrected chi connectivity index (χ1v) is 11.3. The molecule has 3 aromatic heterocycles. The molecule has 3 heterocycles. The van der Waals surface area contributed by atoms with Crippen LogP contribution < -0.4 is 10.9 Å². The molecule has 0 saturated heterocycles. The minimum Gasteiger partial charge on any atom is -0.464 e. The third kappa shape index (κ3) is 4.25. The summed E-state index contributed by atoms with van der Waals surface area (Å²) in [6.45, 7) is 7.10. The SMILES string of the molecule is CCCc1ccc([C@H](NCc2nc3scc(-c4ccco4)c3c(=O)[nH]2)C(C)C)cc1. The van der Waals surface area contributed by atoms with Gasteiger partial charge in [-0.05, 0) is 35.6 Å². The Hall–Kier alpha value is -2.70. The highest BCUT2D eigenvalue weighted by molar-refractivity contribution is 7.17. The van der Waals surface area contributed by atoms with Crippen LogP contribution in [0.4, 0.5) is 0 Å². The van der Waals surface area contributed by atoms with Crippen LogP contribution in [0.3, 0.4) is 0 Å². The molecule has 0 bridgehead atoms. The van der Waals surface area contributed by atoms with Crippen LogP contribution in [0.15, 0.2) is 57.3 Å². The molecule has 4 aromatic rings. The molecule has 1 atom stereocenters. The second kappa shape index (κ2) is 8.98. The second-order valence-corrected chi connectivity index (χ2v) is 8.77. The molecular formula is C24H27N3O2S. The van der Waals surface area contributed by atoms with Gasteiger partial charge < -0.3 is 14.7 Å². The van der Waals surface area contributed by atoms with E-state index in [0.717, 1.165) is 23.2 Å². The number of rotatable bonds is 8. The van der Waals surface area contributed by atoms with E-state index in [1.54, 1.807) is 6.26 Å². The first kappa shape index (κ1) is 20.6. The molecule has 30 heavy (non-hydrogen) atoms. The smallest absolute Gasteiger partial charge is 0.260 e. The minimum atomic E-state index is -0.130. The van der Waals surface area contributed by atoms with Crippen LogP contribution in [0, 0.1) is 5.92 Å². The number of furan rings is 1. The van der Waals surface area contributed by atoms with Crippen LogP contribution in [0.25, 0.3) is 21.5 Å². The molecule has 0 radical (unpaired) electrons. The fourth-order valence-corrected chi connectivity index (χ4v) is 4.76. The van der Waals surface area contributed by atoms with Crippen molar-refractivity contribution in [3.05, 3.63) is 75.3 Å². The normalized spacial score (nSPS) is 12.7. The molecular weight excluding hydrogens is 394 g/mol. The summed E-state index contributed by atoms with van der Waals surface area (Å²) in [5, 5.41) is 6.10. The Morgan fingerprint density at radius 3 is 2.67 bits per heavy atom. The number of H-pyrrole nitrogens is 1. The molecule has 0 spiro atoms. The first-order valence-electron chi connectivity index (χ1n) is 10.4. The summed E-state index contributed by atoms with van der Waals surface area (Å²) in [5.74, 6) is 1.74. The van der Waals surface area contributed by atoms with Crippen LogP contribution in [0.1, 0.15) is 50.2 Å². The van der Waals surface area contributed by atoms with Crippen molar-refractivity contribution in [3.8, 4) is 11.3 Å². The van der Waals surface area contributed by atoms with Crippen molar-refractivity contribution in [2.24, 2.45) is 5.92 Å². The molecule has 0 fully saturated rings. The maximum absolute atomic E-state index is 12.8. The third-order valence-corrected chi connectivity index (χ3v) is 6.19. The second-order valence-electron chi connectivity index (χ2n) is 7.91. The lowest BCUT2D eigenvalue weighted by atomic mass is 9.94. The number of thiophene rings is 1. The summed E-state index contributed by atoms with van der Waals surface area (Å²) in [6.07, 6.45) is 3.86. The van der Waals surface area contributed by atoms with E-state index in [4.69, 9.17) is 4.42 Å². The zero-order valence-corrected chi connectivity index (χ0v) is 18.4. The van der Waals surface area contributed by atoms with Gasteiger partial charge >= 0.3 is 0 Å². The van der Waals surface area contributed by atoms with Gasteiger partial charge in [0.05, 0.1) is 18.2 Å². The van der Waals surface area contributed by atoms with Gasteiger partial charge in [0.15, 0.2) is 0 Å². The van der Waals surface area contributed by atoms with Gasteiger partial charge in [-0.25, -0.2) is 4.98 Å². The lowest BCUT2D eigenvalue weighted by Crippen LogP contribution is -2.27. The van der Waals surface area contributed by atoms with Crippen LogP contribution in [0.2, 0.25) is 0 Å². The van der Waals surface area contributed by atoms with Gasteiger partial charge in [-0.3, -0.25) is 4.79 Å². The topological polar surface area (TPSA) is 70.9 Å². The molecule has 6 heteroatoms. The quantitative estimate of drug-likeness (QED) is 0.384. The Bertz CT molecular complexity index is 1160. The highest BCUT2D eigenvalue weighted by atomic mass is 32.1. The molecule has 0 unspecified atom stereocenters. The van der Waals surface area contributed by atoms with Crippen molar-refractivity contribution >= 4 is 21.6 Å². The van der Waals surface area contributed by atoms with Crippen molar-refractivity contribution in [2.75, 3.05) is 0 Å². The Morgan fingerprint density at radius 1 is 1.20 bits per heavy atom. The number of benzene rings is 1. The average molecular weight is 422 g/mol. The van der Waals surface area contributed by atoms with Crippen LogP contribution in [0.5, 0.6) is 0 Å². The van der Waals surface area contributed by atoms with E-state index in [0.29, 0.717) is 29.4 Å². The summed E-state index contributed by atoms with van der Waals surface area (Å²) in [5.41, 5.74) is 3.28. The van der Waals surface area contributed by atoms with Gasteiger partial charge in [0.1, 0.15) is 16.4 Å². The molecule has 2 N–H and O–H groups in total. The first-order chi connectivity index (χ1) is 14.6. The molecule has 0 aliphatic carbocycles. The van der Waals surface area contributed by atoms with Crippen molar-refractivity contribution in [3.63, 3.8) is 0 Å². The number of aromatic nitrogens is 2. The lowest BCUT2D eigenvalue weighted by Gasteiger charge is -2.23. The molecule has 0 aliphatic heterocycles. The molecule has 156 valence electrons. The molecule has 0 aliphatic rings. The predicted molar refractivity (Wildman–Crippen MR) is 123 cm³/mol. The van der Waals surface area contributed by atoms with E-state index in [-0.39, 0.29) is 11.6 Å². The van der Waals surface area contributed by atoms with E-state index in [1.165, 1.54) is 22.5 Å². The van der Waals surface area contributed by atoms with Crippen molar-refractivity contribution in [2.45, 2.75) is 46.2 Å². The van der Waals surface area contributed by atoms with Crippen LogP contribution >= 0.6 is 11.3 Å². The summed E-state index contributed by atoms with van der Waals surface area (Å²) < 4.78 is 5.46. The maximum atomic E-state index is 12.8. The van der Waals surface area contributed by atoms with E-state index >= 15 is 0 Å². The van der Waals surface area contributed by atoms with Gasteiger partial charge in [-0.2, -0.15) is 0 Å². The van der Waals surface area contributed by atoms with Crippen molar-refractivity contribution in [1.82, 2.24) is 15.3 Å². The Balaban J connectivity index is 1.55. The fourth-order valence-electron chi connectivity index (χ4n) is 3.82. The minimum absolute atomic E-state index is 0.130. The summed E-state index contributed by atoms with van der Waals surface area (Å²) in [6, 6.07) is 12.7. The highest BCUT2D eigenvalue weighted by Gasteiger charge is 2.18. The van der Waals surface area contributed by atoms with Gasteiger partial charge in [-0.15, -0.1) is 11.3 Å². The summed E-state index contributed by atoms with van der Waals surface area (Å²) in [4.78, 5) is 21.1. The number of aryl methyl sites for hydroxylation is 1. The molecule has 1 aromatic carbocycles. The van der Waals surface area contributed by atoms with Crippen molar-refractivity contribution < 1.29 is 4.42 Å². The monoisotopic (exact) mass is 421 g/mol. The number of hydrogen-bond acceptors (Lipinski definition) is 5. The summed E-state index contributed by atoms with van der Waals surface area (Å²) in [7, 11) is 0.